The Morgan fingerprint density at radius 1 is 1.21 bits per heavy atom. The molecule has 1 unspecified atom stereocenters. The van der Waals surface area contributed by atoms with Crippen LogP contribution in [0.1, 0.15) is 31.9 Å². The van der Waals surface area contributed by atoms with E-state index in [1.165, 1.54) is 0 Å². The van der Waals surface area contributed by atoms with Gasteiger partial charge in [-0.05, 0) is 42.2 Å². The van der Waals surface area contributed by atoms with Gasteiger partial charge in [0.2, 0.25) is 0 Å². The highest BCUT2D eigenvalue weighted by Crippen LogP contribution is 2.37. The zero-order chi connectivity index (χ0) is 22.5. The summed E-state index contributed by atoms with van der Waals surface area (Å²) < 4.78 is 6.35. The van der Waals surface area contributed by atoms with Crippen LogP contribution in [-0.2, 0) is 10.8 Å². The van der Waals surface area contributed by atoms with Crippen LogP contribution in [0.4, 0.5) is 4.79 Å². The number of benzene rings is 1. The first-order chi connectivity index (χ1) is 13.1. The molecule has 2 atom stereocenters. The van der Waals surface area contributed by atoms with Crippen LogP contribution in [-0.4, -0.2) is 51.5 Å². The van der Waals surface area contributed by atoms with Crippen LogP contribution in [0.3, 0.4) is 0 Å². The number of rotatable bonds is 7. The maximum atomic E-state index is 11.4. The highest BCUT2D eigenvalue weighted by atomic mass is 28.4. The molecule has 0 aliphatic heterocycles. The number of hydrogen-bond donors (Lipinski definition) is 3. The Morgan fingerprint density at radius 2 is 1.83 bits per heavy atom. The van der Waals surface area contributed by atoms with E-state index in [0.29, 0.717) is 6.42 Å². The van der Waals surface area contributed by atoms with Crippen molar-refractivity contribution in [3.63, 3.8) is 0 Å². The van der Waals surface area contributed by atoms with Crippen LogP contribution in [0.5, 0.6) is 0 Å². The summed E-state index contributed by atoms with van der Waals surface area (Å²) in [4.78, 5) is 11.4. The number of amides is 1. The molecule has 0 aliphatic carbocycles. The maximum Gasteiger partial charge on any atom is 0.404 e. The number of carbonyl (C=O) groups is 1. The van der Waals surface area contributed by atoms with Gasteiger partial charge in [-0.25, -0.2) is 4.79 Å². The predicted molar refractivity (Wildman–Crippen MR) is 124 cm³/mol. The summed E-state index contributed by atoms with van der Waals surface area (Å²) in [6, 6.07) is 7.30. The third kappa shape index (κ3) is 8.75. The SMILES string of the molecule is CC(C)(C)[Si](C)(C)O[C@H](CO)C(Cc1cccc(C#C[Si](C)(C)C)c1)NC(=O)O. The smallest absolute Gasteiger partial charge is 0.404 e. The van der Waals surface area contributed by atoms with Crippen LogP contribution in [0.2, 0.25) is 37.8 Å². The van der Waals surface area contributed by atoms with Gasteiger partial charge in [0.05, 0.1) is 18.8 Å². The van der Waals surface area contributed by atoms with Crippen molar-refractivity contribution in [2.45, 2.75) is 77.1 Å². The first-order valence-corrected chi connectivity index (χ1v) is 16.5. The fourth-order valence-electron chi connectivity index (χ4n) is 2.53. The molecule has 1 aromatic carbocycles. The van der Waals surface area contributed by atoms with Gasteiger partial charge < -0.3 is 20.0 Å². The van der Waals surface area contributed by atoms with E-state index < -0.39 is 34.6 Å². The standard InChI is InChI=1S/C22H37NO4Si2/c1-22(2,3)29(7,8)27-20(16-24)19(23-21(25)26)15-18-11-9-10-17(14-18)12-13-28(4,5)6/h9-11,14,19-20,23-24H,15-16H2,1-8H3,(H,25,26)/t19?,20-/m1/s1. The Labute approximate surface area is 178 Å². The molecule has 162 valence electrons. The summed E-state index contributed by atoms with van der Waals surface area (Å²) >= 11 is 0. The molecule has 1 rings (SSSR count). The fourth-order valence-corrected chi connectivity index (χ4v) is 4.39. The van der Waals surface area contributed by atoms with Gasteiger partial charge >= 0.3 is 6.09 Å². The molecule has 3 N–H and O–H groups in total. The van der Waals surface area contributed by atoms with Crippen molar-refractivity contribution < 1.29 is 19.4 Å². The van der Waals surface area contributed by atoms with Crippen LogP contribution in [0.15, 0.2) is 24.3 Å². The van der Waals surface area contributed by atoms with Crippen LogP contribution in [0.25, 0.3) is 0 Å². The quantitative estimate of drug-likeness (QED) is 0.436. The Balaban J connectivity index is 3.12. The van der Waals surface area contributed by atoms with Gasteiger partial charge in [-0.2, -0.15) is 0 Å². The minimum absolute atomic E-state index is 0.0411. The van der Waals surface area contributed by atoms with Crippen molar-refractivity contribution in [1.82, 2.24) is 5.32 Å². The van der Waals surface area contributed by atoms with Crippen LogP contribution >= 0.6 is 0 Å². The van der Waals surface area contributed by atoms with E-state index in [4.69, 9.17) is 4.43 Å². The van der Waals surface area contributed by atoms with Gasteiger partial charge in [0.1, 0.15) is 8.07 Å². The van der Waals surface area contributed by atoms with Crippen LogP contribution in [0, 0.1) is 11.5 Å². The molecule has 7 heteroatoms. The van der Waals surface area contributed by atoms with E-state index in [-0.39, 0.29) is 11.6 Å². The second-order valence-corrected chi connectivity index (χ2v) is 19.6. The van der Waals surface area contributed by atoms with Crippen molar-refractivity contribution in [2.24, 2.45) is 0 Å². The summed E-state index contributed by atoms with van der Waals surface area (Å²) in [5.41, 5.74) is 5.24. The highest BCUT2D eigenvalue weighted by Gasteiger charge is 2.41. The minimum Gasteiger partial charge on any atom is -0.465 e. The van der Waals surface area contributed by atoms with Gasteiger partial charge in [0, 0.05) is 5.56 Å². The zero-order valence-corrected chi connectivity index (χ0v) is 21.1. The van der Waals surface area contributed by atoms with E-state index in [1.54, 1.807) is 0 Å². The third-order valence-corrected chi connectivity index (χ3v) is 10.5. The summed E-state index contributed by atoms with van der Waals surface area (Å²) in [7, 11) is -3.65. The normalized spacial score (nSPS) is 14.5. The third-order valence-electron chi connectivity index (χ3n) is 5.15. The van der Waals surface area contributed by atoms with Gasteiger partial charge in [-0.15, -0.1) is 5.54 Å². The number of aliphatic hydroxyl groups is 1. The molecule has 0 bridgehead atoms. The lowest BCUT2D eigenvalue weighted by atomic mass is 10.00. The van der Waals surface area contributed by atoms with E-state index >= 15 is 0 Å². The van der Waals surface area contributed by atoms with Gasteiger partial charge in [-0.1, -0.05) is 58.5 Å². The van der Waals surface area contributed by atoms with E-state index in [1.807, 2.05) is 24.3 Å². The largest absolute Gasteiger partial charge is 0.465 e. The molecule has 0 radical (unpaired) electrons. The molecule has 0 saturated heterocycles. The molecular formula is C22H37NO4Si2. The molecule has 0 heterocycles. The first kappa shape index (κ1) is 25.4. The molecule has 5 nitrogen and oxygen atoms in total. The zero-order valence-electron chi connectivity index (χ0n) is 19.1. The van der Waals surface area contributed by atoms with E-state index in [0.717, 1.165) is 11.1 Å². The van der Waals surface area contributed by atoms with Crippen molar-refractivity contribution in [3.8, 4) is 11.5 Å². The van der Waals surface area contributed by atoms with Crippen LogP contribution < -0.4 is 5.32 Å². The topological polar surface area (TPSA) is 78.8 Å². The first-order valence-electron chi connectivity index (χ1n) is 10.0. The monoisotopic (exact) mass is 435 g/mol. The van der Waals surface area contributed by atoms with Crippen molar-refractivity contribution in [3.05, 3.63) is 35.4 Å². The van der Waals surface area contributed by atoms with E-state index in [9.17, 15) is 15.0 Å². The average Bonchev–Trinajstić information content (AvgIpc) is 2.55. The fraction of sp³-hybridized carbons (Fsp3) is 0.591. The number of hydrogen-bond acceptors (Lipinski definition) is 3. The van der Waals surface area contributed by atoms with Gasteiger partial charge in [0.25, 0.3) is 0 Å². The number of carboxylic acid groups (broad SMARTS) is 1. The van der Waals surface area contributed by atoms with Crippen molar-refractivity contribution in [1.29, 1.82) is 0 Å². The van der Waals surface area contributed by atoms with Crippen molar-refractivity contribution in [2.75, 3.05) is 6.61 Å². The summed E-state index contributed by atoms with van der Waals surface area (Å²) in [6.07, 6.45) is -1.31. The Bertz CT molecular complexity index is 755. The molecule has 29 heavy (non-hydrogen) atoms. The molecule has 0 spiro atoms. The van der Waals surface area contributed by atoms with Gasteiger partial charge in [0.15, 0.2) is 8.32 Å². The Kier molecular flexibility index (Phi) is 8.72. The molecule has 1 amide bonds. The lowest BCUT2D eigenvalue weighted by molar-refractivity contribution is 0.0701. The lowest BCUT2D eigenvalue weighted by Gasteiger charge is -2.41. The second kappa shape index (κ2) is 9.94. The highest BCUT2D eigenvalue weighted by molar-refractivity contribution is 6.83. The molecule has 0 fully saturated rings. The minimum atomic E-state index is -2.18. The van der Waals surface area contributed by atoms with Crippen molar-refractivity contribution >= 4 is 22.5 Å². The Morgan fingerprint density at radius 3 is 2.31 bits per heavy atom. The summed E-state index contributed by atoms with van der Waals surface area (Å²) in [5.74, 6) is 3.24. The Hall–Kier alpha value is -1.60. The lowest BCUT2D eigenvalue weighted by Crippen LogP contribution is -2.53. The number of nitrogens with one attached hydrogen (secondary N) is 1. The molecule has 0 aliphatic rings. The summed E-state index contributed by atoms with van der Waals surface area (Å²) in [5, 5.41) is 21.8. The predicted octanol–water partition coefficient (Wildman–Crippen LogP) is 4.48. The molecule has 0 aromatic heterocycles. The molecule has 1 aromatic rings. The molecular weight excluding hydrogens is 398 g/mol. The number of aliphatic hydroxyl groups excluding tert-OH is 1. The second-order valence-electron chi connectivity index (χ2n) is 10.1. The van der Waals surface area contributed by atoms with E-state index in [2.05, 4.69) is 70.3 Å². The average molecular weight is 436 g/mol. The van der Waals surface area contributed by atoms with Gasteiger partial charge in [-0.3, -0.25) is 0 Å². The molecule has 0 saturated carbocycles. The maximum absolute atomic E-state index is 11.4. The summed E-state index contributed by atoms with van der Waals surface area (Å²) in [6.45, 7) is 16.9.